The van der Waals surface area contributed by atoms with Gasteiger partial charge in [-0.15, -0.1) is 11.3 Å². The van der Waals surface area contributed by atoms with Crippen LogP contribution < -0.4 is 5.56 Å². The molecule has 2 aromatic rings. The Morgan fingerprint density at radius 3 is 3.12 bits per heavy atom. The molecule has 82 valence electrons. The van der Waals surface area contributed by atoms with Gasteiger partial charge in [-0.2, -0.15) is 5.26 Å². The van der Waals surface area contributed by atoms with Gasteiger partial charge in [0.15, 0.2) is 5.16 Å². The summed E-state index contributed by atoms with van der Waals surface area (Å²) in [6.45, 7) is 1.79. The first-order chi connectivity index (χ1) is 7.63. The Kier molecular flexibility index (Phi) is 2.99. The summed E-state index contributed by atoms with van der Waals surface area (Å²) >= 11 is 2.69. The van der Waals surface area contributed by atoms with Crippen LogP contribution in [0.25, 0.3) is 10.2 Å². The van der Waals surface area contributed by atoms with Gasteiger partial charge in [0.2, 0.25) is 0 Å². The van der Waals surface area contributed by atoms with Crippen molar-refractivity contribution in [2.45, 2.75) is 17.3 Å². The first kappa shape index (κ1) is 11.2. The van der Waals surface area contributed by atoms with E-state index in [-0.39, 0.29) is 10.8 Å². The van der Waals surface area contributed by atoms with Crippen molar-refractivity contribution in [1.29, 1.82) is 5.26 Å². The molecule has 0 spiro atoms. The van der Waals surface area contributed by atoms with Gasteiger partial charge in [0.1, 0.15) is 4.70 Å². The van der Waals surface area contributed by atoms with Gasteiger partial charge in [0, 0.05) is 7.05 Å². The van der Waals surface area contributed by atoms with Crippen LogP contribution in [0.3, 0.4) is 0 Å². The number of thioether (sulfide) groups is 1. The van der Waals surface area contributed by atoms with E-state index in [2.05, 4.69) is 11.1 Å². The summed E-state index contributed by atoms with van der Waals surface area (Å²) in [4.78, 5) is 16.3. The minimum Gasteiger partial charge on any atom is -0.289 e. The second-order valence-electron chi connectivity index (χ2n) is 3.28. The van der Waals surface area contributed by atoms with Gasteiger partial charge in [0.05, 0.1) is 16.8 Å². The molecule has 6 heteroatoms. The van der Waals surface area contributed by atoms with Crippen LogP contribution in [0.15, 0.2) is 21.4 Å². The van der Waals surface area contributed by atoms with E-state index in [0.717, 1.165) is 0 Å². The average Bonchev–Trinajstić information content (AvgIpc) is 2.73. The molecular weight excluding hydrogens is 242 g/mol. The Bertz CT molecular complexity index is 623. The predicted molar refractivity (Wildman–Crippen MR) is 65.8 cm³/mol. The monoisotopic (exact) mass is 251 g/mol. The smallest absolute Gasteiger partial charge is 0.271 e. The van der Waals surface area contributed by atoms with Crippen molar-refractivity contribution in [1.82, 2.24) is 9.55 Å². The number of thiophene rings is 1. The van der Waals surface area contributed by atoms with Gasteiger partial charge in [0.25, 0.3) is 5.56 Å². The minimum absolute atomic E-state index is 0.0485. The molecule has 0 bridgehead atoms. The molecule has 0 aliphatic heterocycles. The van der Waals surface area contributed by atoms with Crippen LogP contribution in [0.2, 0.25) is 0 Å². The van der Waals surface area contributed by atoms with Crippen molar-refractivity contribution in [2.24, 2.45) is 7.05 Å². The lowest BCUT2D eigenvalue weighted by Crippen LogP contribution is -2.19. The zero-order valence-electron chi connectivity index (χ0n) is 8.80. The molecule has 0 fully saturated rings. The van der Waals surface area contributed by atoms with Crippen LogP contribution in [0.1, 0.15) is 6.92 Å². The fourth-order valence-electron chi connectivity index (χ4n) is 1.26. The summed E-state index contributed by atoms with van der Waals surface area (Å²) in [6, 6.07) is 3.93. The van der Waals surface area contributed by atoms with Crippen LogP contribution in [-0.4, -0.2) is 14.8 Å². The van der Waals surface area contributed by atoms with Crippen molar-refractivity contribution < 1.29 is 0 Å². The third-order valence-corrected chi connectivity index (χ3v) is 4.04. The second kappa shape index (κ2) is 4.28. The Hall–Kier alpha value is -1.32. The molecule has 0 saturated heterocycles. The second-order valence-corrected chi connectivity index (χ2v) is 5.51. The van der Waals surface area contributed by atoms with Gasteiger partial charge in [-0.05, 0) is 18.4 Å². The predicted octanol–water partition coefficient (Wildman–Crippen LogP) is 2.00. The molecule has 0 saturated carbocycles. The highest BCUT2D eigenvalue weighted by Gasteiger charge is 2.12. The molecule has 0 radical (unpaired) electrons. The average molecular weight is 251 g/mol. The quantitative estimate of drug-likeness (QED) is 0.605. The van der Waals surface area contributed by atoms with E-state index >= 15 is 0 Å². The lowest BCUT2D eigenvalue weighted by molar-refractivity contribution is 0.727. The molecule has 1 atom stereocenters. The summed E-state index contributed by atoms with van der Waals surface area (Å²) in [5.41, 5.74) is 0.661. The van der Waals surface area contributed by atoms with E-state index in [1.54, 1.807) is 14.0 Å². The zero-order valence-corrected chi connectivity index (χ0v) is 10.4. The van der Waals surface area contributed by atoms with Crippen molar-refractivity contribution in [3.8, 4) is 6.07 Å². The highest BCUT2D eigenvalue weighted by atomic mass is 32.2. The van der Waals surface area contributed by atoms with E-state index in [0.29, 0.717) is 15.4 Å². The zero-order chi connectivity index (χ0) is 11.7. The molecule has 0 aromatic carbocycles. The molecule has 0 N–H and O–H groups in total. The molecule has 0 amide bonds. The first-order valence-corrected chi connectivity index (χ1v) is 6.40. The van der Waals surface area contributed by atoms with Gasteiger partial charge in [-0.3, -0.25) is 9.36 Å². The molecule has 1 unspecified atom stereocenters. The van der Waals surface area contributed by atoms with Gasteiger partial charge in [-0.25, -0.2) is 4.98 Å². The highest BCUT2D eigenvalue weighted by molar-refractivity contribution is 8.00. The summed E-state index contributed by atoms with van der Waals surface area (Å²) in [6.07, 6.45) is 0. The number of nitriles is 1. The van der Waals surface area contributed by atoms with Crippen LogP contribution in [0.5, 0.6) is 0 Å². The highest BCUT2D eigenvalue weighted by Crippen LogP contribution is 2.22. The molecule has 16 heavy (non-hydrogen) atoms. The number of fused-ring (bicyclic) bond motifs is 1. The molecule has 2 rings (SSSR count). The van der Waals surface area contributed by atoms with Gasteiger partial charge in [-0.1, -0.05) is 11.8 Å². The summed E-state index contributed by atoms with van der Waals surface area (Å²) in [5, 5.41) is 11.0. The van der Waals surface area contributed by atoms with Gasteiger partial charge < -0.3 is 0 Å². The van der Waals surface area contributed by atoms with E-state index in [4.69, 9.17) is 5.26 Å². The normalized spacial score (nSPS) is 12.6. The van der Waals surface area contributed by atoms with E-state index < -0.39 is 0 Å². The maximum Gasteiger partial charge on any atom is 0.271 e. The molecule has 2 aromatic heterocycles. The minimum atomic E-state index is -0.214. The molecular formula is C10H9N3OS2. The van der Waals surface area contributed by atoms with E-state index in [1.807, 2.05) is 11.4 Å². The van der Waals surface area contributed by atoms with Crippen molar-refractivity contribution >= 4 is 33.3 Å². The van der Waals surface area contributed by atoms with E-state index in [1.165, 1.54) is 27.7 Å². The standard InChI is InChI=1S/C10H9N3OS2/c1-6(5-11)16-10-12-7-3-4-15-8(7)9(14)13(10)2/h3-4,6H,1-2H3. The Balaban J connectivity index is 2.58. The van der Waals surface area contributed by atoms with Crippen LogP contribution in [0.4, 0.5) is 0 Å². The van der Waals surface area contributed by atoms with Crippen molar-refractivity contribution in [2.75, 3.05) is 0 Å². The van der Waals surface area contributed by atoms with Crippen LogP contribution >= 0.6 is 23.1 Å². The maximum atomic E-state index is 11.9. The number of nitrogens with zero attached hydrogens (tertiary/aromatic N) is 3. The van der Waals surface area contributed by atoms with Crippen LogP contribution in [0, 0.1) is 11.3 Å². The number of rotatable bonds is 2. The fourth-order valence-corrected chi connectivity index (χ4v) is 2.82. The van der Waals surface area contributed by atoms with E-state index in [9.17, 15) is 4.79 Å². The van der Waals surface area contributed by atoms with Crippen molar-refractivity contribution in [3.05, 3.63) is 21.8 Å². The fraction of sp³-hybridized carbons (Fsp3) is 0.300. The number of hydrogen-bond donors (Lipinski definition) is 0. The van der Waals surface area contributed by atoms with Crippen LogP contribution in [-0.2, 0) is 7.05 Å². The SMILES string of the molecule is CC(C#N)Sc1nc2ccsc2c(=O)n1C. The van der Waals surface area contributed by atoms with Crippen molar-refractivity contribution in [3.63, 3.8) is 0 Å². The molecule has 0 aliphatic rings. The third-order valence-electron chi connectivity index (χ3n) is 2.11. The maximum absolute atomic E-state index is 11.9. The largest absolute Gasteiger partial charge is 0.289 e. The Labute approximate surface area is 101 Å². The molecule has 0 aliphatic carbocycles. The summed E-state index contributed by atoms with van der Waals surface area (Å²) < 4.78 is 2.16. The molecule has 4 nitrogen and oxygen atoms in total. The lowest BCUT2D eigenvalue weighted by atomic mass is 10.5. The third kappa shape index (κ3) is 1.84. The first-order valence-electron chi connectivity index (χ1n) is 4.64. The lowest BCUT2D eigenvalue weighted by Gasteiger charge is -2.07. The number of hydrogen-bond acceptors (Lipinski definition) is 5. The molecule has 2 heterocycles. The topological polar surface area (TPSA) is 58.7 Å². The Morgan fingerprint density at radius 1 is 1.69 bits per heavy atom. The van der Waals surface area contributed by atoms with Gasteiger partial charge >= 0.3 is 0 Å². The summed E-state index contributed by atoms with van der Waals surface area (Å²) in [5.74, 6) is 0. The summed E-state index contributed by atoms with van der Waals surface area (Å²) in [7, 11) is 1.68. The Morgan fingerprint density at radius 2 is 2.44 bits per heavy atom. The number of aromatic nitrogens is 2.